The van der Waals surface area contributed by atoms with E-state index in [9.17, 15) is 9.59 Å². The van der Waals surface area contributed by atoms with Crippen LogP contribution in [0, 0.1) is 6.92 Å². The standard InChI is InChI=1S/C17H16N4O3/c1-11-15(21-10-4-3-5-14(21)18-11)17(23)20-19-16(22)12-6-8-13(24-2)9-7-12/h3-10H,1-2H3,(H,19,22)(H,20,23). The number of pyridine rings is 1. The normalized spacial score (nSPS) is 10.4. The van der Waals surface area contributed by atoms with Crippen molar-refractivity contribution in [1.29, 1.82) is 0 Å². The van der Waals surface area contributed by atoms with Gasteiger partial charge in [0.2, 0.25) is 0 Å². The summed E-state index contributed by atoms with van der Waals surface area (Å²) in [5, 5.41) is 0. The van der Waals surface area contributed by atoms with Crippen LogP contribution in [0.3, 0.4) is 0 Å². The number of aromatic nitrogens is 2. The summed E-state index contributed by atoms with van der Waals surface area (Å²) in [5.74, 6) is -0.206. The van der Waals surface area contributed by atoms with E-state index in [2.05, 4.69) is 15.8 Å². The van der Waals surface area contributed by atoms with Crippen LogP contribution in [0.25, 0.3) is 5.65 Å². The van der Waals surface area contributed by atoms with Crippen molar-refractivity contribution in [3.05, 3.63) is 65.6 Å². The van der Waals surface area contributed by atoms with E-state index in [-0.39, 0.29) is 0 Å². The zero-order valence-electron chi connectivity index (χ0n) is 13.2. The molecule has 0 aliphatic carbocycles. The first kappa shape index (κ1) is 15.5. The molecule has 0 fully saturated rings. The van der Waals surface area contributed by atoms with Crippen molar-refractivity contribution >= 4 is 17.5 Å². The molecule has 0 saturated carbocycles. The molecule has 24 heavy (non-hydrogen) atoms. The molecule has 0 aliphatic rings. The van der Waals surface area contributed by atoms with Crippen LogP contribution in [0.4, 0.5) is 0 Å². The number of nitrogens with one attached hydrogen (secondary N) is 2. The molecule has 2 aromatic heterocycles. The molecule has 0 unspecified atom stereocenters. The highest BCUT2D eigenvalue weighted by molar-refractivity contribution is 5.99. The number of ether oxygens (including phenoxy) is 1. The molecule has 7 heteroatoms. The maximum Gasteiger partial charge on any atom is 0.288 e. The minimum Gasteiger partial charge on any atom is -0.497 e. The molecule has 3 rings (SSSR count). The molecule has 0 radical (unpaired) electrons. The Balaban J connectivity index is 1.72. The number of amides is 2. The van der Waals surface area contributed by atoms with Gasteiger partial charge in [0.1, 0.15) is 17.1 Å². The molecule has 122 valence electrons. The first-order chi connectivity index (χ1) is 11.6. The zero-order chi connectivity index (χ0) is 17.1. The summed E-state index contributed by atoms with van der Waals surface area (Å²) < 4.78 is 6.71. The van der Waals surface area contributed by atoms with E-state index < -0.39 is 11.8 Å². The minimum absolute atomic E-state index is 0.376. The van der Waals surface area contributed by atoms with E-state index >= 15 is 0 Å². The van der Waals surface area contributed by atoms with Crippen molar-refractivity contribution in [2.75, 3.05) is 7.11 Å². The maximum atomic E-state index is 12.4. The lowest BCUT2D eigenvalue weighted by molar-refractivity contribution is 0.0843. The molecule has 0 atom stereocenters. The fourth-order valence-electron chi connectivity index (χ4n) is 2.37. The second kappa shape index (κ2) is 6.41. The van der Waals surface area contributed by atoms with Crippen molar-refractivity contribution in [2.45, 2.75) is 6.92 Å². The Morgan fingerprint density at radius 3 is 2.46 bits per heavy atom. The molecule has 3 aromatic rings. The molecule has 7 nitrogen and oxygen atoms in total. The van der Waals surface area contributed by atoms with E-state index in [0.29, 0.717) is 28.3 Å². The third kappa shape index (κ3) is 2.91. The summed E-state index contributed by atoms with van der Waals surface area (Å²) in [6.45, 7) is 1.74. The van der Waals surface area contributed by atoms with Crippen molar-refractivity contribution in [3.63, 3.8) is 0 Å². The maximum absolute atomic E-state index is 12.4. The highest BCUT2D eigenvalue weighted by atomic mass is 16.5. The molecule has 0 spiro atoms. The van der Waals surface area contributed by atoms with Crippen LogP contribution >= 0.6 is 0 Å². The van der Waals surface area contributed by atoms with Crippen molar-refractivity contribution in [3.8, 4) is 5.75 Å². The van der Waals surface area contributed by atoms with Crippen molar-refractivity contribution in [1.82, 2.24) is 20.2 Å². The number of hydrazine groups is 1. The Morgan fingerprint density at radius 1 is 1.04 bits per heavy atom. The third-order valence-electron chi connectivity index (χ3n) is 3.56. The average molecular weight is 324 g/mol. The second-order valence-corrected chi connectivity index (χ2v) is 5.11. The van der Waals surface area contributed by atoms with E-state index in [1.807, 2.05) is 6.07 Å². The van der Waals surface area contributed by atoms with Crippen LogP contribution in [0.2, 0.25) is 0 Å². The molecular formula is C17H16N4O3. The average Bonchev–Trinajstić information content (AvgIpc) is 2.95. The summed E-state index contributed by atoms with van der Waals surface area (Å²) >= 11 is 0. The molecule has 1 aromatic carbocycles. The van der Waals surface area contributed by atoms with E-state index in [1.54, 1.807) is 61.0 Å². The van der Waals surface area contributed by atoms with Gasteiger partial charge < -0.3 is 4.74 Å². The number of fused-ring (bicyclic) bond motifs is 1. The third-order valence-corrected chi connectivity index (χ3v) is 3.56. The summed E-state index contributed by atoms with van der Waals surface area (Å²) in [7, 11) is 1.55. The number of hydrogen-bond acceptors (Lipinski definition) is 4. The molecule has 2 N–H and O–H groups in total. The number of aryl methyl sites for hydroxylation is 1. The van der Waals surface area contributed by atoms with Gasteiger partial charge in [-0.3, -0.25) is 24.8 Å². The van der Waals surface area contributed by atoms with E-state index in [1.165, 1.54) is 0 Å². The van der Waals surface area contributed by atoms with Crippen molar-refractivity contribution in [2.24, 2.45) is 0 Å². The summed E-state index contributed by atoms with van der Waals surface area (Å²) in [6, 6.07) is 12.0. The summed E-state index contributed by atoms with van der Waals surface area (Å²) in [4.78, 5) is 28.8. The van der Waals surface area contributed by atoms with Gasteiger partial charge in [-0.05, 0) is 43.3 Å². The lowest BCUT2D eigenvalue weighted by Crippen LogP contribution is -2.42. The quantitative estimate of drug-likeness (QED) is 0.719. The lowest BCUT2D eigenvalue weighted by Gasteiger charge is -2.08. The highest BCUT2D eigenvalue weighted by Gasteiger charge is 2.17. The second-order valence-electron chi connectivity index (χ2n) is 5.11. The molecule has 0 aliphatic heterocycles. The van der Waals surface area contributed by atoms with Crippen LogP contribution in [-0.2, 0) is 0 Å². The van der Waals surface area contributed by atoms with Gasteiger partial charge >= 0.3 is 0 Å². The van der Waals surface area contributed by atoms with Crippen LogP contribution in [0.15, 0.2) is 48.7 Å². The lowest BCUT2D eigenvalue weighted by atomic mass is 10.2. The Bertz CT molecular complexity index is 900. The van der Waals surface area contributed by atoms with Crippen LogP contribution < -0.4 is 15.6 Å². The van der Waals surface area contributed by atoms with Gasteiger partial charge in [0.15, 0.2) is 0 Å². The largest absolute Gasteiger partial charge is 0.497 e. The molecule has 0 saturated heterocycles. The minimum atomic E-state index is -0.437. The van der Waals surface area contributed by atoms with Crippen molar-refractivity contribution < 1.29 is 14.3 Å². The smallest absolute Gasteiger partial charge is 0.288 e. The SMILES string of the molecule is COc1ccc(C(=O)NNC(=O)c2c(C)nc3ccccn23)cc1. The van der Waals surface area contributed by atoms with Crippen LogP contribution in [0.1, 0.15) is 26.5 Å². The summed E-state index contributed by atoms with van der Waals surface area (Å²) in [5.41, 5.74) is 6.84. The zero-order valence-corrected chi connectivity index (χ0v) is 13.2. The first-order valence-electron chi connectivity index (χ1n) is 7.28. The summed E-state index contributed by atoms with van der Waals surface area (Å²) in [6.07, 6.45) is 1.75. The topological polar surface area (TPSA) is 84.7 Å². The van der Waals surface area contributed by atoms with Crippen LogP contribution in [-0.4, -0.2) is 28.3 Å². The molecule has 2 amide bonds. The number of carbonyl (C=O) groups excluding carboxylic acids is 2. The van der Waals surface area contributed by atoms with E-state index in [0.717, 1.165) is 0 Å². The van der Waals surface area contributed by atoms with E-state index in [4.69, 9.17) is 4.74 Å². The molecular weight excluding hydrogens is 308 g/mol. The predicted octanol–water partition coefficient (Wildman–Crippen LogP) is 1.73. The van der Waals surface area contributed by atoms with Gasteiger partial charge in [-0.25, -0.2) is 4.98 Å². The fourth-order valence-corrected chi connectivity index (χ4v) is 2.37. The van der Waals surface area contributed by atoms with Crippen LogP contribution in [0.5, 0.6) is 5.75 Å². The monoisotopic (exact) mass is 324 g/mol. The number of benzene rings is 1. The van der Waals surface area contributed by atoms with Gasteiger partial charge in [-0.15, -0.1) is 0 Å². The van der Waals surface area contributed by atoms with Gasteiger partial charge in [-0.1, -0.05) is 6.07 Å². The predicted molar refractivity (Wildman–Crippen MR) is 87.9 cm³/mol. The Morgan fingerprint density at radius 2 is 1.75 bits per heavy atom. The Labute approximate surface area is 138 Å². The van der Waals surface area contributed by atoms with Gasteiger partial charge in [-0.2, -0.15) is 0 Å². The molecule has 0 bridgehead atoms. The highest BCUT2D eigenvalue weighted by Crippen LogP contribution is 2.12. The fraction of sp³-hybridized carbons (Fsp3) is 0.118. The van der Waals surface area contributed by atoms with Gasteiger partial charge in [0.25, 0.3) is 11.8 Å². The van der Waals surface area contributed by atoms with Gasteiger partial charge in [0.05, 0.1) is 12.8 Å². The van der Waals surface area contributed by atoms with Gasteiger partial charge in [0, 0.05) is 11.8 Å². The Kier molecular flexibility index (Phi) is 4.15. The number of methoxy groups -OCH3 is 1. The molecule has 2 heterocycles. The number of rotatable bonds is 3. The number of carbonyl (C=O) groups is 2. The number of imidazole rings is 1. The number of hydrogen-bond donors (Lipinski definition) is 2. The Hall–Kier alpha value is -3.35. The first-order valence-corrected chi connectivity index (χ1v) is 7.28. The number of nitrogens with zero attached hydrogens (tertiary/aromatic N) is 2.